The number of nitrogens with one attached hydrogen (secondary N) is 1. The van der Waals surface area contributed by atoms with Crippen molar-refractivity contribution in [2.75, 3.05) is 14.2 Å². The van der Waals surface area contributed by atoms with Crippen LogP contribution in [0.5, 0.6) is 5.75 Å². The molecule has 0 saturated carbocycles. The summed E-state index contributed by atoms with van der Waals surface area (Å²) in [6.07, 6.45) is 0. The number of urea groups is 1. The second kappa shape index (κ2) is 6.93. The van der Waals surface area contributed by atoms with Crippen molar-refractivity contribution in [1.82, 2.24) is 20.4 Å². The molecule has 0 saturated heterocycles. The number of carbonyl (C=O) groups is 1. The molecule has 0 spiro atoms. The Morgan fingerprint density at radius 2 is 2.05 bits per heavy atom. The van der Waals surface area contributed by atoms with Crippen molar-refractivity contribution in [1.29, 1.82) is 0 Å². The van der Waals surface area contributed by atoms with Crippen LogP contribution in [0.4, 0.5) is 4.79 Å². The van der Waals surface area contributed by atoms with Crippen LogP contribution in [0, 0.1) is 0 Å². The number of carbonyl (C=O) groups excluding carboxylic acids is 1. The van der Waals surface area contributed by atoms with E-state index >= 15 is 0 Å². The van der Waals surface area contributed by atoms with E-state index < -0.39 is 0 Å². The molecule has 2 aromatic rings. The molecule has 0 aliphatic rings. The largest absolute Gasteiger partial charge is 0.497 e. The van der Waals surface area contributed by atoms with Crippen molar-refractivity contribution in [2.24, 2.45) is 0 Å². The van der Waals surface area contributed by atoms with Crippen LogP contribution >= 0.6 is 0 Å². The van der Waals surface area contributed by atoms with Gasteiger partial charge in [-0.2, -0.15) is 4.98 Å². The van der Waals surface area contributed by atoms with E-state index in [9.17, 15) is 4.79 Å². The molecule has 2 amide bonds. The average Bonchev–Trinajstić information content (AvgIpc) is 3.00. The van der Waals surface area contributed by atoms with Crippen molar-refractivity contribution in [3.63, 3.8) is 0 Å². The molecule has 2 rings (SSSR count). The van der Waals surface area contributed by atoms with Gasteiger partial charge in [0.2, 0.25) is 11.7 Å². The summed E-state index contributed by atoms with van der Waals surface area (Å²) >= 11 is 0. The maximum atomic E-state index is 11.8. The molecule has 1 N–H and O–H groups in total. The molecule has 0 fully saturated rings. The minimum absolute atomic E-state index is 0.0243. The van der Waals surface area contributed by atoms with Crippen LogP contribution in [0.1, 0.15) is 19.7 Å². The van der Waals surface area contributed by atoms with Gasteiger partial charge in [-0.05, 0) is 38.1 Å². The van der Waals surface area contributed by atoms with E-state index in [0.29, 0.717) is 11.7 Å². The first-order valence-corrected chi connectivity index (χ1v) is 7.00. The monoisotopic (exact) mass is 304 g/mol. The lowest BCUT2D eigenvalue weighted by Crippen LogP contribution is -2.42. The van der Waals surface area contributed by atoms with Crippen LogP contribution in [-0.4, -0.2) is 41.3 Å². The third-order valence-electron chi connectivity index (χ3n) is 3.22. The smallest absolute Gasteiger partial charge is 0.317 e. The number of hydrogen-bond donors (Lipinski definition) is 1. The molecular formula is C15H20N4O3. The zero-order valence-corrected chi connectivity index (χ0v) is 13.2. The van der Waals surface area contributed by atoms with Crippen LogP contribution in [0.15, 0.2) is 28.8 Å². The summed E-state index contributed by atoms with van der Waals surface area (Å²) in [6, 6.07) is 7.21. The third kappa shape index (κ3) is 3.55. The van der Waals surface area contributed by atoms with Crippen molar-refractivity contribution in [3.05, 3.63) is 30.2 Å². The van der Waals surface area contributed by atoms with Crippen molar-refractivity contribution in [2.45, 2.75) is 26.4 Å². The Morgan fingerprint density at radius 1 is 1.36 bits per heavy atom. The topological polar surface area (TPSA) is 80.5 Å². The summed E-state index contributed by atoms with van der Waals surface area (Å²) in [5.74, 6) is 1.64. The predicted molar refractivity (Wildman–Crippen MR) is 81.4 cm³/mol. The molecular weight excluding hydrogens is 284 g/mol. The summed E-state index contributed by atoms with van der Waals surface area (Å²) in [4.78, 5) is 17.8. The van der Waals surface area contributed by atoms with Gasteiger partial charge in [-0.1, -0.05) is 5.16 Å². The lowest BCUT2D eigenvalue weighted by atomic mass is 10.2. The lowest BCUT2D eigenvalue weighted by molar-refractivity contribution is 0.171. The second-order valence-electron chi connectivity index (χ2n) is 5.02. The summed E-state index contributed by atoms with van der Waals surface area (Å²) in [7, 11) is 3.20. The molecule has 0 aliphatic heterocycles. The van der Waals surface area contributed by atoms with E-state index in [1.54, 1.807) is 19.1 Å². The molecule has 0 unspecified atom stereocenters. The average molecular weight is 304 g/mol. The molecule has 118 valence electrons. The van der Waals surface area contributed by atoms with Crippen LogP contribution in [0.25, 0.3) is 11.4 Å². The van der Waals surface area contributed by atoms with Gasteiger partial charge in [-0.25, -0.2) is 4.79 Å². The number of ether oxygens (including phenoxy) is 1. The Hall–Kier alpha value is -2.57. The Morgan fingerprint density at radius 3 is 2.59 bits per heavy atom. The SMILES string of the molecule is CNC(=O)N(Cc1nc(-c2ccc(OC)cc2)no1)C(C)C. The molecule has 0 atom stereocenters. The highest BCUT2D eigenvalue weighted by atomic mass is 16.5. The molecule has 1 aromatic carbocycles. The number of aromatic nitrogens is 2. The summed E-state index contributed by atoms with van der Waals surface area (Å²) in [5, 5.41) is 6.56. The minimum atomic E-state index is -0.181. The van der Waals surface area contributed by atoms with E-state index in [-0.39, 0.29) is 18.6 Å². The third-order valence-corrected chi connectivity index (χ3v) is 3.22. The Kier molecular flexibility index (Phi) is 4.98. The van der Waals surface area contributed by atoms with Crippen LogP contribution in [-0.2, 0) is 6.54 Å². The quantitative estimate of drug-likeness (QED) is 0.916. The first kappa shape index (κ1) is 15.8. The standard InChI is InChI=1S/C15H20N4O3/c1-10(2)19(15(20)16-3)9-13-17-14(18-22-13)11-5-7-12(21-4)8-6-11/h5-8,10H,9H2,1-4H3,(H,16,20). The molecule has 22 heavy (non-hydrogen) atoms. The lowest BCUT2D eigenvalue weighted by Gasteiger charge is -2.24. The van der Waals surface area contributed by atoms with E-state index in [1.807, 2.05) is 38.1 Å². The fourth-order valence-electron chi connectivity index (χ4n) is 1.95. The van der Waals surface area contributed by atoms with Crippen molar-refractivity contribution in [3.8, 4) is 17.1 Å². The Balaban J connectivity index is 2.14. The molecule has 0 radical (unpaired) electrons. The maximum absolute atomic E-state index is 11.8. The first-order valence-electron chi connectivity index (χ1n) is 7.00. The Bertz CT molecular complexity index is 622. The molecule has 7 heteroatoms. The van der Waals surface area contributed by atoms with Gasteiger partial charge in [0.05, 0.1) is 7.11 Å². The van der Waals surface area contributed by atoms with Gasteiger partial charge in [0.15, 0.2) is 0 Å². The van der Waals surface area contributed by atoms with Crippen molar-refractivity contribution < 1.29 is 14.1 Å². The normalized spacial score (nSPS) is 10.6. The highest BCUT2D eigenvalue weighted by Gasteiger charge is 2.19. The fraction of sp³-hybridized carbons (Fsp3) is 0.400. The predicted octanol–water partition coefficient (Wildman–Crippen LogP) is 2.29. The number of nitrogens with zero attached hydrogens (tertiary/aromatic N) is 3. The summed E-state index contributed by atoms with van der Waals surface area (Å²) in [5.41, 5.74) is 0.826. The number of methoxy groups -OCH3 is 1. The number of amides is 2. The van der Waals surface area contributed by atoms with Crippen LogP contribution in [0.2, 0.25) is 0 Å². The summed E-state index contributed by atoms with van der Waals surface area (Å²) < 4.78 is 10.3. The van der Waals surface area contributed by atoms with E-state index in [1.165, 1.54) is 0 Å². The minimum Gasteiger partial charge on any atom is -0.497 e. The zero-order chi connectivity index (χ0) is 16.1. The first-order chi connectivity index (χ1) is 10.5. The van der Waals surface area contributed by atoms with E-state index in [2.05, 4.69) is 15.5 Å². The number of benzene rings is 1. The summed E-state index contributed by atoms with van der Waals surface area (Å²) in [6.45, 7) is 4.12. The maximum Gasteiger partial charge on any atom is 0.317 e. The number of rotatable bonds is 5. The van der Waals surface area contributed by atoms with Gasteiger partial charge in [0.25, 0.3) is 0 Å². The van der Waals surface area contributed by atoms with Gasteiger partial charge in [0, 0.05) is 18.7 Å². The van der Waals surface area contributed by atoms with Gasteiger partial charge >= 0.3 is 6.03 Å². The molecule has 0 bridgehead atoms. The fourth-order valence-corrected chi connectivity index (χ4v) is 1.95. The van der Waals surface area contributed by atoms with Gasteiger partial charge in [-0.3, -0.25) is 0 Å². The zero-order valence-electron chi connectivity index (χ0n) is 13.2. The Labute approximate surface area is 129 Å². The highest BCUT2D eigenvalue weighted by Crippen LogP contribution is 2.20. The molecule has 7 nitrogen and oxygen atoms in total. The number of hydrogen-bond acceptors (Lipinski definition) is 5. The molecule has 1 heterocycles. The highest BCUT2D eigenvalue weighted by molar-refractivity contribution is 5.74. The van der Waals surface area contributed by atoms with Crippen LogP contribution < -0.4 is 10.1 Å². The van der Waals surface area contributed by atoms with E-state index in [0.717, 1.165) is 11.3 Å². The van der Waals surface area contributed by atoms with Crippen LogP contribution in [0.3, 0.4) is 0 Å². The van der Waals surface area contributed by atoms with Crippen molar-refractivity contribution >= 4 is 6.03 Å². The van der Waals surface area contributed by atoms with Gasteiger partial charge in [0.1, 0.15) is 12.3 Å². The van der Waals surface area contributed by atoms with Gasteiger partial charge in [-0.15, -0.1) is 0 Å². The molecule has 0 aliphatic carbocycles. The van der Waals surface area contributed by atoms with E-state index in [4.69, 9.17) is 9.26 Å². The molecule has 1 aromatic heterocycles. The van der Waals surface area contributed by atoms with Gasteiger partial charge < -0.3 is 19.5 Å². The second-order valence-corrected chi connectivity index (χ2v) is 5.02.